The van der Waals surface area contributed by atoms with Crippen LogP contribution in [0.2, 0.25) is 0 Å². The molecule has 2 aromatic carbocycles. The first-order valence-corrected chi connectivity index (χ1v) is 8.67. The first-order valence-electron chi connectivity index (χ1n) is 8.67. The number of carbonyl (C=O) groups is 1. The van der Waals surface area contributed by atoms with Crippen LogP contribution in [0, 0.1) is 0 Å². The highest BCUT2D eigenvalue weighted by molar-refractivity contribution is 5.89. The van der Waals surface area contributed by atoms with Gasteiger partial charge < -0.3 is 9.52 Å². The van der Waals surface area contributed by atoms with Crippen molar-refractivity contribution in [1.82, 2.24) is 10.2 Å². The minimum atomic E-state index is -4.39. The van der Waals surface area contributed by atoms with Crippen LogP contribution in [-0.4, -0.2) is 21.3 Å². The second-order valence-electron chi connectivity index (χ2n) is 6.77. The molecule has 1 heterocycles. The number of hydrogen-bond acceptors (Lipinski definition) is 4. The van der Waals surface area contributed by atoms with Gasteiger partial charge in [-0.2, -0.15) is 13.2 Å². The number of aromatic nitrogens is 2. The molecular formula is C20H15F3N2O3. The van der Waals surface area contributed by atoms with Crippen LogP contribution in [0.5, 0.6) is 0 Å². The van der Waals surface area contributed by atoms with E-state index < -0.39 is 17.7 Å². The minimum absolute atomic E-state index is 0.0670. The van der Waals surface area contributed by atoms with Gasteiger partial charge in [-0.3, -0.25) is 0 Å². The molecule has 3 aromatic rings. The van der Waals surface area contributed by atoms with Crippen LogP contribution >= 0.6 is 0 Å². The SMILES string of the molecule is O=C(O)c1ccc(Cc2ccc(C(F)(F)F)cc2)c(-c2nnc(C3CC3)o2)c1. The zero-order chi connectivity index (χ0) is 19.9. The van der Waals surface area contributed by atoms with Gasteiger partial charge >= 0.3 is 12.1 Å². The Morgan fingerprint density at radius 2 is 1.82 bits per heavy atom. The zero-order valence-electron chi connectivity index (χ0n) is 14.5. The van der Waals surface area contributed by atoms with E-state index >= 15 is 0 Å². The lowest BCUT2D eigenvalue weighted by Gasteiger charge is -2.10. The van der Waals surface area contributed by atoms with Gasteiger partial charge in [0.05, 0.1) is 11.1 Å². The largest absolute Gasteiger partial charge is 0.478 e. The number of halogens is 3. The molecule has 0 radical (unpaired) electrons. The lowest BCUT2D eigenvalue weighted by Crippen LogP contribution is -2.05. The average Bonchev–Trinajstić information content (AvgIpc) is 3.39. The summed E-state index contributed by atoms with van der Waals surface area (Å²) in [5.74, 6) is -0.102. The van der Waals surface area contributed by atoms with Crippen molar-refractivity contribution in [1.29, 1.82) is 0 Å². The quantitative estimate of drug-likeness (QED) is 0.671. The maximum atomic E-state index is 12.7. The molecule has 28 heavy (non-hydrogen) atoms. The van der Waals surface area contributed by atoms with Gasteiger partial charge in [0.1, 0.15) is 0 Å². The molecule has 8 heteroatoms. The normalized spacial score (nSPS) is 14.2. The van der Waals surface area contributed by atoms with Crippen molar-refractivity contribution in [2.45, 2.75) is 31.4 Å². The second-order valence-corrected chi connectivity index (χ2v) is 6.77. The number of carboxylic acids is 1. The van der Waals surface area contributed by atoms with Crippen LogP contribution in [0.15, 0.2) is 46.9 Å². The van der Waals surface area contributed by atoms with E-state index in [9.17, 15) is 23.1 Å². The van der Waals surface area contributed by atoms with Gasteiger partial charge in [0.25, 0.3) is 0 Å². The smallest absolute Gasteiger partial charge is 0.416 e. The Kier molecular flexibility index (Phi) is 4.41. The molecule has 0 aliphatic heterocycles. The van der Waals surface area contributed by atoms with Crippen molar-refractivity contribution in [2.75, 3.05) is 0 Å². The van der Waals surface area contributed by atoms with E-state index in [-0.39, 0.29) is 17.4 Å². The van der Waals surface area contributed by atoms with Crippen molar-refractivity contribution in [3.63, 3.8) is 0 Å². The molecule has 0 unspecified atom stereocenters. The highest BCUT2D eigenvalue weighted by atomic mass is 19.4. The molecule has 144 valence electrons. The van der Waals surface area contributed by atoms with E-state index in [4.69, 9.17) is 4.42 Å². The standard InChI is InChI=1S/C20H15F3N2O3/c21-20(22,23)15-7-1-11(2-8-15)9-13-5-6-14(19(26)27)10-16(13)18-25-24-17(28-18)12-3-4-12/h1-2,5-8,10,12H,3-4,9H2,(H,26,27). The fourth-order valence-corrected chi connectivity index (χ4v) is 2.93. The summed E-state index contributed by atoms with van der Waals surface area (Å²) in [6.07, 6.45) is -2.13. The number of benzene rings is 2. The summed E-state index contributed by atoms with van der Waals surface area (Å²) >= 11 is 0. The molecule has 0 spiro atoms. The number of alkyl halides is 3. The Balaban J connectivity index is 1.68. The predicted octanol–water partition coefficient (Wildman–Crippen LogP) is 4.92. The molecule has 0 amide bonds. The molecule has 1 N–H and O–H groups in total. The van der Waals surface area contributed by atoms with Crippen molar-refractivity contribution < 1.29 is 27.5 Å². The maximum absolute atomic E-state index is 12.7. The molecule has 4 rings (SSSR count). The van der Waals surface area contributed by atoms with Gasteiger partial charge in [0.2, 0.25) is 11.8 Å². The summed E-state index contributed by atoms with van der Waals surface area (Å²) in [5, 5.41) is 17.3. The van der Waals surface area contributed by atoms with E-state index in [1.807, 2.05) is 0 Å². The molecule has 1 aliphatic rings. The number of aromatic carboxylic acids is 1. The Morgan fingerprint density at radius 1 is 1.11 bits per heavy atom. The number of nitrogens with zero attached hydrogens (tertiary/aromatic N) is 2. The van der Waals surface area contributed by atoms with Crippen LogP contribution in [-0.2, 0) is 12.6 Å². The molecule has 0 bridgehead atoms. The van der Waals surface area contributed by atoms with Gasteiger partial charge in [-0.1, -0.05) is 18.2 Å². The first-order chi connectivity index (χ1) is 13.3. The van der Waals surface area contributed by atoms with Crippen molar-refractivity contribution in [3.8, 4) is 11.5 Å². The lowest BCUT2D eigenvalue weighted by molar-refractivity contribution is -0.137. The number of carboxylic acid groups (broad SMARTS) is 1. The van der Waals surface area contributed by atoms with Crippen LogP contribution in [0.1, 0.15) is 51.7 Å². The van der Waals surface area contributed by atoms with E-state index in [0.717, 1.165) is 25.0 Å². The van der Waals surface area contributed by atoms with Crippen molar-refractivity contribution in [3.05, 3.63) is 70.6 Å². The van der Waals surface area contributed by atoms with E-state index in [0.29, 0.717) is 29.0 Å². The molecule has 5 nitrogen and oxygen atoms in total. The summed E-state index contributed by atoms with van der Waals surface area (Å²) < 4.78 is 43.9. The zero-order valence-corrected chi connectivity index (χ0v) is 14.5. The van der Waals surface area contributed by atoms with Crippen LogP contribution in [0.25, 0.3) is 11.5 Å². The fraction of sp³-hybridized carbons (Fsp3) is 0.250. The average molecular weight is 388 g/mol. The van der Waals surface area contributed by atoms with Gasteiger partial charge in [0.15, 0.2) is 0 Å². The van der Waals surface area contributed by atoms with E-state index in [1.54, 1.807) is 6.07 Å². The summed E-state index contributed by atoms with van der Waals surface area (Å²) in [5.41, 5.74) is 1.16. The summed E-state index contributed by atoms with van der Waals surface area (Å²) in [6, 6.07) is 9.38. The summed E-state index contributed by atoms with van der Waals surface area (Å²) in [4.78, 5) is 11.3. The molecule has 1 saturated carbocycles. The first kappa shape index (κ1) is 18.2. The Labute approximate surface area is 157 Å². The molecule has 0 atom stereocenters. The van der Waals surface area contributed by atoms with E-state index in [1.165, 1.54) is 24.3 Å². The van der Waals surface area contributed by atoms with Gasteiger partial charge in [-0.25, -0.2) is 4.79 Å². The highest BCUT2D eigenvalue weighted by Crippen LogP contribution is 2.40. The third-order valence-corrected chi connectivity index (χ3v) is 4.63. The molecule has 1 aromatic heterocycles. The fourth-order valence-electron chi connectivity index (χ4n) is 2.93. The van der Waals surface area contributed by atoms with Crippen LogP contribution in [0.4, 0.5) is 13.2 Å². The summed E-state index contributed by atoms with van der Waals surface area (Å²) in [6.45, 7) is 0. The highest BCUT2D eigenvalue weighted by Gasteiger charge is 2.31. The number of hydrogen-bond donors (Lipinski definition) is 1. The third-order valence-electron chi connectivity index (χ3n) is 4.63. The third kappa shape index (κ3) is 3.76. The van der Waals surface area contributed by atoms with Crippen molar-refractivity contribution in [2.24, 2.45) is 0 Å². The molecule has 0 saturated heterocycles. The maximum Gasteiger partial charge on any atom is 0.416 e. The minimum Gasteiger partial charge on any atom is -0.478 e. The predicted molar refractivity (Wildman–Crippen MR) is 92.9 cm³/mol. The van der Waals surface area contributed by atoms with Crippen LogP contribution < -0.4 is 0 Å². The van der Waals surface area contributed by atoms with Gasteiger partial charge in [-0.05, 0) is 54.7 Å². The van der Waals surface area contributed by atoms with Gasteiger partial charge in [-0.15, -0.1) is 10.2 Å². The number of rotatable bonds is 5. The van der Waals surface area contributed by atoms with Crippen molar-refractivity contribution >= 4 is 5.97 Å². The van der Waals surface area contributed by atoms with E-state index in [2.05, 4.69) is 10.2 Å². The molecule has 1 fully saturated rings. The second kappa shape index (κ2) is 6.78. The lowest BCUT2D eigenvalue weighted by atomic mass is 9.97. The topological polar surface area (TPSA) is 76.2 Å². The van der Waals surface area contributed by atoms with Gasteiger partial charge in [0, 0.05) is 11.5 Å². The van der Waals surface area contributed by atoms with Crippen LogP contribution in [0.3, 0.4) is 0 Å². The Hall–Kier alpha value is -3.16. The molecule has 1 aliphatic carbocycles. The Morgan fingerprint density at radius 3 is 2.43 bits per heavy atom. The Bertz CT molecular complexity index is 1020. The monoisotopic (exact) mass is 388 g/mol. The summed E-state index contributed by atoms with van der Waals surface area (Å²) in [7, 11) is 0. The molecular weight excluding hydrogens is 373 g/mol.